The molecule has 1 N–H and O–H groups in total. The Hall–Kier alpha value is -1.43. The third-order valence-corrected chi connectivity index (χ3v) is 3.68. The molecule has 0 radical (unpaired) electrons. The van der Waals surface area contributed by atoms with E-state index in [0.717, 1.165) is 29.5 Å². The Labute approximate surface area is 119 Å². The molecule has 0 saturated heterocycles. The molecule has 0 atom stereocenters. The summed E-state index contributed by atoms with van der Waals surface area (Å²) in [4.78, 5) is 11.6. The van der Waals surface area contributed by atoms with Gasteiger partial charge in [-0.25, -0.2) is 4.73 Å². The molecule has 106 valence electrons. The van der Waals surface area contributed by atoms with Crippen LogP contribution in [0.25, 0.3) is 0 Å². The van der Waals surface area contributed by atoms with Crippen LogP contribution in [0.3, 0.4) is 0 Å². The van der Waals surface area contributed by atoms with E-state index in [0.29, 0.717) is 11.3 Å². The van der Waals surface area contributed by atoms with Crippen LogP contribution in [-0.2, 0) is 4.74 Å². The zero-order valence-electron chi connectivity index (χ0n) is 11.7. The molecule has 0 spiro atoms. The van der Waals surface area contributed by atoms with Crippen LogP contribution >= 0.6 is 12.6 Å². The monoisotopic (exact) mass is 284 g/mol. The van der Waals surface area contributed by atoms with E-state index in [-0.39, 0.29) is 10.8 Å². The molecule has 1 aromatic heterocycles. The fourth-order valence-electron chi connectivity index (χ4n) is 1.62. The van der Waals surface area contributed by atoms with Crippen molar-refractivity contribution >= 4 is 24.5 Å². The number of ether oxygens (including phenoxy) is 1. The minimum atomic E-state index is -0.614. The Bertz CT molecular complexity index is 460. The highest BCUT2D eigenvalue weighted by Crippen LogP contribution is 2.22. The maximum Gasteiger partial charge on any atom is 0.504 e. The molecular weight excluding hydrogens is 264 g/mol. The maximum absolute atomic E-state index is 12.0. The number of carbonyl (C=O) groups is 1. The fraction of sp³-hybridized carbons (Fsp3) is 0.538. The predicted molar refractivity (Wildman–Crippen MR) is 76.7 cm³/mol. The van der Waals surface area contributed by atoms with Gasteiger partial charge in [-0.05, 0) is 32.8 Å². The quantitative estimate of drug-likeness (QED) is 0.387. The zero-order valence-corrected chi connectivity index (χ0v) is 12.6. The van der Waals surface area contributed by atoms with Gasteiger partial charge >= 0.3 is 6.09 Å². The lowest BCUT2D eigenvalue weighted by molar-refractivity contribution is -0.631. The Morgan fingerprint density at radius 1 is 1.32 bits per heavy atom. The molecule has 0 unspecified atom stereocenters. The van der Waals surface area contributed by atoms with Gasteiger partial charge in [0.25, 0.3) is 5.82 Å². The summed E-state index contributed by atoms with van der Waals surface area (Å²) in [6.07, 6.45) is 1.13. The second-order valence-electron chi connectivity index (χ2n) is 4.46. The van der Waals surface area contributed by atoms with E-state index in [2.05, 4.69) is 17.9 Å². The molecule has 0 fully saturated rings. The Balaban J connectivity index is 2.93. The van der Waals surface area contributed by atoms with Gasteiger partial charge in [0.1, 0.15) is 0 Å². The number of nitrogens with zero attached hydrogens (tertiary/aromatic N) is 1. The van der Waals surface area contributed by atoms with Crippen molar-refractivity contribution < 1.29 is 14.3 Å². The lowest BCUT2D eigenvalue weighted by Gasteiger charge is -2.17. The van der Waals surface area contributed by atoms with Crippen molar-refractivity contribution in [3.05, 3.63) is 21.9 Å². The summed E-state index contributed by atoms with van der Waals surface area (Å²) in [6, 6.07) is 0. The van der Waals surface area contributed by atoms with E-state index in [9.17, 15) is 10.0 Å². The largest absolute Gasteiger partial charge is 0.710 e. The number of hydrogen-bond donors (Lipinski definition) is 2. The first kappa shape index (κ1) is 15.6. The van der Waals surface area contributed by atoms with Crippen molar-refractivity contribution in [2.45, 2.75) is 45.6 Å². The highest BCUT2D eigenvalue weighted by molar-refractivity contribution is 7.80. The summed E-state index contributed by atoms with van der Waals surface area (Å²) in [6.45, 7) is 7.85. The zero-order chi connectivity index (χ0) is 14.6. The molecule has 0 aliphatic heterocycles. The number of thiol groups is 1. The van der Waals surface area contributed by atoms with Crippen LogP contribution in [0.4, 0.5) is 10.6 Å². The third-order valence-electron chi connectivity index (χ3n) is 3.16. The summed E-state index contributed by atoms with van der Waals surface area (Å²) in [5, 5.41) is 14.8. The van der Waals surface area contributed by atoms with Gasteiger partial charge in [-0.3, -0.25) is 0 Å². The first-order valence-electron chi connectivity index (χ1n) is 6.26. The highest BCUT2D eigenvalue weighted by atomic mass is 32.1. The van der Waals surface area contributed by atoms with Gasteiger partial charge in [0, 0.05) is 11.1 Å². The average Bonchev–Trinajstić information content (AvgIpc) is 2.39. The minimum Gasteiger partial charge on any atom is -0.710 e. The molecular formula is C13H20N2O3S. The first-order valence-corrected chi connectivity index (χ1v) is 6.70. The molecule has 1 heterocycles. The van der Waals surface area contributed by atoms with Gasteiger partial charge in [0.2, 0.25) is 0 Å². The van der Waals surface area contributed by atoms with Gasteiger partial charge in [-0.15, -0.1) is 12.6 Å². The van der Waals surface area contributed by atoms with Crippen molar-refractivity contribution in [3.8, 4) is 0 Å². The van der Waals surface area contributed by atoms with E-state index >= 15 is 0 Å². The summed E-state index contributed by atoms with van der Waals surface area (Å²) in [7, 11) is 0. The van der Waals surface area contributed by atoms with Crippen LogP contribution in [0.1, 0.15) is 36.5 Å². The van der Waals surface area contributed by atoms with Crippen LogP contribution in [0.15, 0.2) is 5.03 Å². The molecule has 1 rings (SSSR count). The van der Waals surface area contributed by atoms with Crippen LogP contribution in [0.2, 0.25) is 0 Å². The number of nitrogens with one attached hydrogen (secondary N) is 1. The Kier molecular flexibility index (Phi) is 5.47. The highest BCUT2D eigenvalue weighted by Gasteiger charge is 2.21. The van der Waals surface area contributed by atoms with E-state index in [1.807, 2.05) is 20.8 Å². The van der Waals surface area contributed by atoms with Gasteiger partial charge < -0.3 is 9.94 Å². The van der Waals surface area contributed by atoms with Crippen molar-refractivity contribution in [1.82, 2.24) is 0 Å². The van der Waals surface area contributed by atoms with Crippen molar-refractivity contribution in [1.29, 1.82) is 0 Å². The number of carbonyl (C=O) groups excluding carboxylic acids is 1. The van der Waals surface area contributed by atoms with E-state index < -0.39 is 6.09 Å². The predicted octanol–water partition coefficient (Wildman–Crippen LogP) is 2.88. The van der Waals surface area contributed by atoms with Gasteiger partial charge in [0.15, 0.2) is 5.03 Å². The SMILES string of the molecule is CCCCOC(=O)Nc1c(C)c(C)c(C)c(S)[n+]1[O-]. The second kappa shape index (κ2) is 6.65. The summed E-state index contributed by atoms with van der Waals surface area (Å²) in [5.41, 5.74) is 2.46. The summed E-state index contributed by atoms with van der Waals surface area (Å²) in [5.74, 6) is 0.176. The molecule has 1 aromatic rings. The lowest BCUT2D eigenvalue weighted by atomic mass is 10.1. The normalized spacial score (nSPS) is 10.4. The molecule has 0 bridgehead atoms. The second-order valence-corrected chi connectivity index (χ2v) is 4.88. The fourth-order valence-corrected chi connectivity index (χ4v) is 1.89. The Morgan fingerprint density at radius 2 is 1.95 bits per heavy atom. The number of unbranched alkanes of at least 4 members (excludes halogenated alkanes) is 1. The molecule has 0 aromatic carbocycles. The molecule has 19 heavy (non-hydrogen) atoms. The molecule has 5 nitrogen and oxygen atoms in total. The maximum atomic E-state index is 12.0. The molecule has 6 heteroatoms. The number of aromatic nitrogens is 1. The molecule has 0 aliphatic carbocycles. The van der Waals surface area contributed by atoms with Crippen molar-refractivity contribution in [3.63, 3.8) is 0 Å². The van der Waals surface area contributed by atoms with Crippen LogP contribution < -0.4 is 10.0 Å². The topological polar surface area (TPSA) is 65.3 Å². The molecule has 0 aliphatic rings. The van der Waals surface area contributed by atoms with E-state index in [1.54, 1.807) is 6.92 Å². The Morgan fingerprint density at radius 3 is 2.53 bits per heavy atom. The smallest absolute Gasteiger partial charge is 0.504 e. The number of amides is 1. The lowest BCUT2D eigenvalue weighted by Crippen LogP contribution is -2.37. The molecule has 0 saturated carbocycles. The van der Waals surface area contributed by atoms with Crippen molar-refractivity contribution in [2.24, 2.45) is 0 Å². The van der Waals surface area contributed by atoms with Crippen LogP contribution in [0.5, 0.6) is 0 Å². The number of hydrogen-bond acceptors (Lipinski definition) is 4. The standard InChI is InChI=1S/C13H20N2O3S/c1-5-6-7-18-13(16)14-11-9(3)8(2)10(4)12(19)15(11)17/h19H,5-7H2,1-4H3,(H,14,16). The van der Waals surface area contributed by atoms with Gasteiger partial charge in [-0.1, -0.05) is 13.3 Å². The summed E-state index contributed by atoms with van der Waals surface area (Å²) < 4.78 is 5.59. The van der Waals surface area contributed by atoms with Crippen LogP contribution in [0, 0.1) is 26.0 Å². The number of anilines is 1. The number of pyridine rings is 1. The van der Waals surface area contributed by atoms with E-state index in [1.165, 1.54) is 0 Å². The first-order chi connectivity index (χ1) is 8.90. The summed E-state index contributed by atoms with van der Waals surface area (Å²) >= 11 is 4.16. The minimum absolute atomic E-state index is 0.176. The van der Waals surface area contributed by atoms with Gasteiger partial charge in [-0.2, -0.15) is 10.1 Å². The van der Waals surface area contributed by atoms with Crippen LogP contribution in [-0.4, -0.2) is 12.7 Å². The average molecular weight is 284 g/mol. The van der Waals surface area contributed by atoms with Crippen molar-refractivity contribution in [2.75, 3.05) is 11.9 Å². The van der Waals surface area contributed by atoms with E-state index in [4.69, 9.17) is 4.74 Å². The number of rotatable bonds is 4. The third kappa shape index (κ3) is 3.53. The molecule has 1 amide bonds. The van der Waals surface area contributed by atoms with Gasteiger partial charge in [0.05, 0.1) is 6.61 Å².